The fourth-order valence-corrected chi connectivity index (χ4v) is 3.20. The van der Waals surface area contributed by atoms with Crippen molar-refractivity contribution in [2.75, 3.05) is 11.1 Å². The third kappa shape index (κ3) is 3.99. The number of para-hydroxylation sites is 1. The standard InChI is InChI=1S/C14H15IN2O2S/c1-9-11(10(2)19-17-9)7-20-8-14(18)16-13-6-4-3-5-12(13)15/h3-6H,7-8H2,1-2H3,(H,16,18). The molecule has 0 aliphatic carbocycles. The Morgan fingerprint density at radius 1 is 1.40 bits per heavy atom. The summed E-state index contributed by atoms with van der Waals surface area (Å²) in [7, 11) is 0. The molecule has 0 spiro atoms. The Bertz CT molecular complexity index is 593. The van der Waals surface area contributed by atoms with E-state index < -0.39 is 0 Å². The summed E-state index contributed by atoms with van der Waals surface area (Å²) < 4.78 is 6.14. The van der Waals surface area contributed by atoms with E-state index in [0.29, 0.717) is 5.75 Å². The van der Waals surface area contributed by atoms with Crippen LogP contribution in [-0.4, -0.2) is 16.8 Å². The van der Waals surface area contributed by atoms with Crippen molar-refractivity contribution in [2.24, 2.45) is 0 Å². The molecule has 0 atom stereocenters. The number of hydrogen-bond donors (Lipinski definition) is 1. The van der Waals surface area contributed by atoms with Gasteiger partial charge in [0.25, 0.3) is 0 Å². The molecule has 4 nitrogen and oxygen atoms in total. The number of carbonyl (C=O) groups is 1. The normalized spacial score (nSPS) is 10.6. The lowest BCUT2D eigenvalue weighted by Gasteiger charge is -2.06. The van der Waals surface area contributed by atoms with E-state index in [1.807, 2.05) is 38.1 Å². The highest BCUT2D eigenvalue weighted by Crippen LogP contribution is 2.20. The Morgan fingerprint density at radius 3 is 2.80 bits per heavy atom. The summed E-state index contributed by atoms with van der Waals surface area (Å²) in [6.07, 6.45) is 0. The smallest absolute Gasteiger partial charge is 0.234 e. The zero-order valence-corrected chi connectivity index (χ0v) is 14.2. The number of anilines is 1. The van der Waals surface area contributed by atoms with Gasteiger partial charge in [-0.1, -0.05) is 17.3 Å². The van der Waals surface area contributed by atoms with E-state index in [1.54, 1.807) is 11.8 Å². The van der Waals surface area contributed by atoms with Crippen LogP contribution in [0.4, 0.5) is 5.69 Å². The number of aryl methyl sites for hydroxylation is 2. The molecule has 0 fully saturated rings. The van der Waals surface area contributed by atoms with Crippen molar-refractivity contribution in [3.8, 4) is 0 Å². The lowest BCUT2D eigenvalue weighted by atomic mass is 10.2. The minimum absolute atomic E-state index is 0.00544. The minimum Gasteiger partial charge on any atom is -0.361 e. The molecule has 0 bridgehead atoms. The largest absolute Gasteiger partial charge is 0.361 e. The summed E-state index contributed by atoms with van der Waals surface area (Å²) in [5, 5.41) is 6.82. The second-order valence-electron chi connectivity index (χ2n) is 4.32. The summed E-state index contributed by atoms with van der Waals surface area (Å²) in [5.74, 6) is 1.98. The molecule has 2 rings (SSSR count). The molecule has 0 aliphatic rings. The second kappa shape index (κ2) is 7.12. The van der Waals surface area contributed by atoms with Crippen LogP contribution in [-0.2, 0) is 10.5 Å². The first-order valence-electron chi connectivity index (χ1n) is 6.12. The van der Waals surface area contributed by atoms with Crippen molar-refractivity contribution in [1.29, 1.82) is 0 Å². The fourth-order valence-electron chi connectivity index (χ4n) is 1.70. The van der Waals surface area contributed by atoms with Gasteiger partial charge in [0.15, 0.2) is 0 Å². The molecule has 0 aliphatic heterocycles. The minimum atomic E-state index is 0.00544. The molecule has 1 aromatic heterocycles. The number of nitrogens with zero attached hydrogens (tertiary/aromatic N) is 1. The van der Waals surface area contributed by atoms with E-state index >= 15 is 0 Å². The molecular formula is C14H15IN2O2S. The third-order valence-electron chi connectivity index (χ3n) is 2.81. The van der Waals surface area contributed by atoms with Gasteiger partial charge in [0, 0.05) is 14.9 Å². The zero-order chi connectivity index (χ0) is 14.5. The van der Waals surface area contributed by atoms with Gasteiger partial charge in [-0.25, -0.2) is 0 Å². The molecule has 106 valence electrons. The van der Waals surface area contributed by atoms with Crippen LogP contribution in [0.3, 0.4) is 0 Å². The van der Waals surface area contributed by atoms with Crippen LogP contribution < -0.4 is 5.32 Å². The van der Waals surface area contributed by atoms with E-state index in [-0.39, 0.29) is 5.91 Å². The number of benzene rings is 1. The number of thioether (sulfide) groups is 1. The maximum Gasteiger partial charge on any atom is 0.234 e. The number of amides is 1. The summed E-state index contributed by atoms with van der Waals surface area (Å²) in [4.78, 5) is 11.9. The van der Waals surface area contributed by atoms with Gasteiger partial charge >= 0.3 is 0 Å². The van der Waals surface area contributed by atoms with Crippen LogP contribution in [0.2, 0.25) is 0 Å². The molecule has 1 N–H and O–H groups in total. The molecule has 0 saturated carbocycles. The number of nitrogens with one attached hydrogen (secondary N) is 1. The predicted molar refractivity (Wildman–Crippen MR) is 89.9 cm³/mol. The third-order valence-corrected chi connectivity index (χ3v) is 4.71. The van der Waals surface area contributed by atoms with Gasteiger partial charge in [-0.3, -0.25) is 4.79 Å². The fraction of sp³-hybridized carbons (Fsp3) is 0.286. The maximum absolute atomic E-state index is 11.9. The monoisotopic (exact) mass is 402 g/mol. The van der Waals surface area contributed by atoms with Gasteiger partial charge in [0.2, 0.25) is 5.91 Å². The van der Waals surface area contributed by atoms with Crippen LogP contribution in [0, 0.1) is 17.4 Å². The lowest BCUT2D eigenvalue weighted by Crippen LogP contribution is -2.15. The van der Waals surface area contributed by atoms with E-state index in [2.05, 4.69) is 33.1 Å². The molecule has 1 aromatic carbocycles. The Kier molecular flexibility index (Phi) is 5.47. The summed E-state index contributed by atoms with van der Waals surface area (Å²) in [6.45, 7) is 3.81. The zero-order valence-electron chi connectivity index (χ0n) is 11.3. The average Bonchev–Trinajstić information content (AvgIpc) is 2.73. The first kappa shape index (κ1) is 15.4. The van der Waals surface area contributed by atoms with Gasteiger partial charge in [-0.2, -0.15) is 0 Å². The van der Waals surface area contributed by atoms with Gasteiger partial charge < -0.3 is 9.84 Å². The molecule has 6 heteroatoms. The van der Waals surface area contributed by atoms with Crippen LogP contribution in [0.1, 0.15) is 17.0 Å². The molecule has 0 unspecified atom stereocenters. The predicted octanol–water partition coefficient (Wildman–Crippen LogP) is 3.77. The Balaban J connectivity index is 1.83. The molecule has 2 aromatic rings. The van der Waals surface area contributed by atoms with Crippen LogP contribution in [0.25, 0.3) is 0 Å². The molecule has 0 radical (unpaired) electrons. The summed E-state index contributed by atoms with van der Waals surface area (Å²) >= 11 is 3.76. The number of rotatable bonds is 5. The highest BCUT2D eigenvalue weighted by molar-refractivity contribution is 14.1. The van der Waals surface area contributed by atoms with Crippen LogP contribution in [0.5, 0.6) is 0 Å². The van der Waals surface area contributed by atoms with Crippen LogP contribution >= 0.6 is 34.4 Å². The average molecular weight is 402 g/mol. The maximum atomic E-state index is 11.9. The van der Waals surface area contributed by atoms with Crippen molar-refractivity contribution >= 4 is 45.9 Å². The number of halogens is 1. The summed E-state index contributed by atoms with van der Waals surface area (Å²) in [5.41, 5.74) is 2.83. The van der Waals surface area contributed by atoms with Crippen molar-refractivity contribution in [3.05, 3.63) is 44.9 Å². The van der Waals surface area contributed by atoms with Crippen LogP contribution in [0.15, 0.2) is 28.8 Å². The van der Waals surface area contributed by atoms with Crippen molar-refractivity contribution in [3.63, 3.8) is 0 Å². The highest BCUT2D eigenvalue weighted by atomic mass is 127. The first-order chi connectivity index (χ1) is 9.58. The Hall–Kier alpha value is -1.02. The number of carbonyl (C=O) groups excluding carboxylic acids is 1. The van der Waals surface area contributed by atoms with Crippen molar-refractivity contribution in [1.82, 2.24) is 5.16 Å². The van der Waals surface area contributed by atoms with Gasteiger partial charge in [-0.05, 0) is 48.6 Å². The number of aromatic nitrogens is 1. The van der Waals surface area contributed by atoms with E-state index in [9.17, 15) is 4.79 Å². The second-order valence-corrected chi connectivity index (χ2v) is 6.47. The van der Waals surface area contributed by atoms with Gasteiger partial charge in [0.1, 0.15) is 5.76 Å². The quantitative estimate of drug-likeness (QED) is 0.774. The molecule has 1 heterocycles. The van der Waals surface area contributed by atoms with E-state index in [1.165, 1.54) is 0 Å². The molecular weight excluding hydrogens is 387 g/mol. The molecule has 1 amide bonds. The van der Waals surface area contributed by atoms with Crippen molar-refractivity contribution in [2.45, 2.75) is 19.6 Å². The topological polar surface area (TPSA) is 55.1 Å². The molecule has 20 heavy (non-hydrogen) atoms. The SMILES string of the molecule is Cc1noc(C)c1CSCC(=O)Nc1ccccc1I. The van der Waals surface area contributed by atoms with E-state index in [0.717, 1.165) is 32.0 Å². The molecule has 0 saturated heterocycles. The number of hydrogen-bond acceptors (Lipinski definition) is 4. The Labute approximate surface area is 135 Å². The van der Waals surface area contributed by atoms with E-state index in [4.69, 9.17) is 4.52 Å². The summed E-state index contributed by atoms with van der Waals surface area (Å²) in [6, 6.07) is 7.73. The first-order valence-corrected chi connectivity index (χ1v) is 8.35. The lowest BCUT2D eigenvalue weighted by molar-refractivity contribution is -0.113. The Morgan fingerprint density at radius 2 is 2.15 bits per heavy atom. The van der Waals surface area contributed by atoms with Crippen molar-refractivity contribution < 1.29 is 9.32 Å². The van der Waals surface area contributed by atoms with Gasteiger partial charge in [0.05, 0.1) is 17.1 Å². The highest BCUT2D eigenvalue weighted by Gasteiger charge is 2.10. The van der Waals surface area contributed by atoms with Gasteiger partial charge in [-0.15, -0.1) is 11.8 Å².